The predicted octanol–water partition coefficient (Wildman–Crippen LogP) is 2.72. The number of hydrogen-bond acceptors (Lipinski definition) is 5. The molecule has 0 bridgehead atoms. The number of carbonyl (C=O) groups excluding carboxylic acids is 1. The Labute approximate surface area is 176 Å². The van der Waals surface area contributed by atoms with E-state index in [2.05, 4.69) is 15.0 Å². The summed E-state index contributed by atoms with van der Waals surface area (Å²) in [4.78, 5) is 21.0. The van der Waals surface area contributed by atoms with Crippen molar-refractivity contribution < 1.29 is 13.9 Å². The van der Waals surface area contributed by atoms with E-state index >= 15 is 0 Å². The number of benzene rings is 1. The second-order valence-electron chi connectivity index (χ2n) is 8.60. The lowest BCUT2D eigenvalue weighted by Crippen LogP contribution is -2.45. The fourth-order valence-electron chi connectivity index (χ4n) is 4.86. The smallest absolute Gasteiger partial charge is 0.222 e. The van der Waals surface area contributed by atoms with Crippen LogP contribution in [0, 0.1) is 11.2 Å². The van der Waals surface area contributed by atoms with E-state index in [9.17, 15) is 9.18 Å². The molecule has 30 heavy (non-hydrogen) atoms. The highest BCUT2D eigenvalue weighted by Crippen LogP contribution is 2.39. The van der Waals surface area contributed by atoms with Gasteiger partial charge in [0.05, 0.1) is 7.11 Å². The van der Waals surface area contributed by atoms with Gasteiger partial charge in [-0.3, -0.25) is 14.4 Å². The summed E-state index contributed by atoms with van der Waals surface area (Å²) in [5.74, 6) is 0.718. The minimum absolute atomic E-state index is 0.134. The van der Waals surface area contributed by atoms with Crippen molar-refractivity contribution in [3.05, 3.63) is 42.2 Å². The van der Waals surface area contributed by atoms with Gasteiger partial charge in [0.2, 0.25) is 5.91 Å². The van der Waals surface area contributed by atoms with E-state index in [0.717, 1.165) is 51.9 Å². The van der Waals surface area contributed by atoms with Crippen LogP contribution < -0.4 is 4.74 Å². The summed E-state index contributed by atoms with van der Waals surface area (Å²) in [6, 6.07) is 4.92. The molecule has 8 heteroatoms. The molecule has 2 aliphatic rings. The zero-order valence-electron chi connectivity index (χ0n) is 17.6. The lowest BCUT2D eigenvalue weighted by molar-refractivity contribution is -0.130. The molecule has 0 aliphatic carbocycles. The van der Waals surface area contributed by atoms with Crippen LogP contribution in [0.5, 0.6) is 5.75 Å². The summed E-state index contributed by atoms with van der Waals surface area (Å²) in [6.07, 6.45) is 7.74. The fourth-order valence-corrected chi connectivity index (χ4v) is 4.86. The normalized spacial score (nSPS) is 22.0. The van der Waals surface area contributed by atoms with E-state index in [0.29, 0.717) is 30.8 Å². The molecule has 4 rings (SSSR count). The van der Waals surface area contributed by atoms with Gasteiger partial charge in [-0.05, 0) is 50.4 Å². The number of carbonyl (C=O) groups is 1. The van der Waals surface area contributed by atoms with Crippen LogP contribution in [-0.4, -0.2) is 63.8 Å². The van der Waals surface area contributed by atoms with Gasteiger partial charge in [-0.15, -0.1) is 0 Å². The molecule has 2 fully saturated rings. The van der Waals surface area contributed by atoms with Crippen LogP contribution >= 0.6 is 0 Å². The third-order valence-corrected chi connectivity index (χ3v) is 6.42. The summed E-state index contributed by atoms with van der Waals surface area (Å²) >= 11 is 0. The van der Waals surface area contributed by atoms with Crippen LogP contribution in [0.25, 0.3) is 0 Å². The maximum atomic E-state index is 14.3. The van der Waals surface area contributed by atoms with Crippen molar-refractivity contribution >= 4 is 5.91 Å². The Morgan fingerprint density at radius 3 is 2.97 bits per heavy atom. The molecule has 0 radical (unpaired) electrons. The van der Waals surface area contributed by atoms with Gasteiger partial charge in [0.25, 0.3) is 0 Å². The molecule has 3 heterocycles. The Morgan fingerprint density at radius 2 is 2.17 bits per heavy atom. The number of aromatic nitrogens is 3. The molecule has 1 spiro atoms. The minimum atomic E-state index is -0.189. The second kappa shape index (κ2) is 9.12. The SMILES string of the molecule is COc1ccc(F)c(CN2CCC[C@]3(CCN(C(=O)CCCn4cncn4)C3)C2)c1. The number of piperidine rings is 1. The van der Waals surface area contributed by atoms with Gasteiger partial charge in [0.1, 0.15) is 24.2 Å². The zero-order chi connectivity index (χ0) is 21.0. The molecule has 2 aliphatic heterocycles. The number of methoxy groups -OCH3 is 1. The Balaban J connectivity index is 1.31. The molecule has 162 valence electrons. The Kier molecular flexibility index (Phi) is 6.32. The standard InChI is InChI=1S/C22H30FN5O2/c1-30-19-5-6-20(23)18(12-19)13-26-9-3-7-22(14-26)8-11-27(15-22)21(29)4-2-10-28-17-24-16-25-28/h5-6,12,16-17H,2-4,7-11,13-15H2,1H3/t22-/m0/s1. The predicted molar refractivity (Wildman–Crippen MR) is 110 cm³/mol. The number of aryl methyl sites for hydroxylation is 1. The van der Waals surface area contributed by atoms with Crippen LogP contribution in [0.1, 0.15) is 37.7 Å². The average molecular weight is 416 g/mol. The summed E-state index contributed by atoms with van der Waals surface area (Å²) in [6.45, 7) is 4.80. The Hall–Kier alpha value is -2.48. The fraction of sp³-hybridized carbons (Fsp3) is 0.591. The van der Waals surface area contributed by atoms with Crippen molar-refractivity contribution in [2.75, 3.05) is 33.3 Å². The molecule has 2 aromatic rings. The van der Waals surface area contributed by atoms with Crippen molar-refractivity contribution in [3.63, 3.8) is 0 Å². The number of nitrogens with zero attached hydrogens (tertiary/aromatic N) is 5. The number of rotatable bonds is 7. The zero-order valence-corrected chi connectivity index (χ0v) is 17.6. The Bertz CT molecular complexity index is 859. The highest BCUT2D eigenvalue weighted by atomic mass is 19.1. The minimum Gasteiger partial charge on any atom is -0.497 e. The largest absolute Gasteiger partial charge is 0.497 e. The van der Waals surface area contributed by atoms with E-state index in [-0.39, 0.29) is 17.1 Å². The highest BCUT2D eigenvalue weighted by molar-refractivity contribution is 5.76. The molecular weight excluding hydrogens is 385 g/mol. The van der Waals surface area contributed by atoms with E-state index in [1.165, 1.54) is 12.4 Å². The van der Waals surface area contributed by atoms with Gasteiger partial charge in [0, 0.05) is 50.1 Å². The van der Waals surface area contributed by atoms with E-state index in [4.69, 9.17) is 4.74 Å². The molecule has 1 aromatic carbocycles. The van der Waals surface area contributed by atoms with E-state index < -0.39 is 0 Å². The molecular formula is C22H30FN5O2. The van der Waals surface area contributed by atoms with Crippen LogP contribution in [0.4, 0.5) is 4.39 Å². The number of hydrogen-bond donors (Lipinski definition) is 0. The summed E-state index contributed by atoms with van der Waals surface area (Å²) in [7, 11) is 1.60. The van der Waals surface area contributed by atoms with Crippen molar-refractivity contribution in [2.45, 2.75) is 45.2 Å². The van der Waals surface area contributed by atoms with Crippen molar-refractivity contribution in [1.82, 2.24) is 24.6 Å². The Morgan fingerprint density at radius 1 is 1.27 bits per heavy atom. The maximum Gasteiger partial charge on any atom is 0.222 e. The molecule has 1 amide bonds. The number of ether oxygens (including phenoxy) is 1. The first kappa shape index (κ1) is 20.8. The van der Waals surface area contributed by atoms with Crippen LogP contribution in [0.15, 0.2) is 30.9 Å². The van der Waals surface area contributed by atoms with Gasteiger partial charge < -0.3 is 9.64 Å². The van der Waals surface area contributed by atoms with Crippen LogP contribution in [-0.2, 0) is 17.9 Å². The monoisotopic (exact) mass is 415 g/mol. The van der Waals surface area contributed by atoms with Gasteiger partial charge in [0.15, 0.2) is 0 Å². The van der Waals surface area contributed by atoms with Crippen LogP contribution in [0.3, 0.4) is 0 Å². The summed E-state index contributed by atoms with van der Waals surface area (Å²) in [5, 5.41) is 4.08. The molecule has 0 saturated carbocycles. The first-order chi connectivity index (χ1) is 14.6. The molecule has 2 saturated heterocycles. The first-order valence-electron chi connectivity index (χ1n) is 10.7. The quantitative estimate of drug-likeness (QED) is 0.696. The number of likely N-dealkylation sites (tertiary alicyclic amines) is 2. The maximum absolute atomic E-state index is 14.3. The highest BCUT2D eigenvalue weighted by Gasteiger charge is 2.42. The van der Waals surface area contributed by atoms with Gasteiger partial charge in [-0.1, -0.05) is 0 Å². The molecule has 1 atom stereocenters. The van der Waals surface area contributed by atoms with Crippen molar-refractivity contribution in [1.29, 1.82) is 0 Å². The molecule has 1 aromatic heterocycles. The first-order valence-corrected chi connectivity index (χ1v) is 10.7. The lowest BCUT2D eigenvalue weighted by atomic mass is 9.79. The molecule has 7 nitrogen and oxygen atoms in total. The van der Waals surface area contributed by atoms with Gasteiger partial charge >= 0.3 is 0 Å². The van der Waals surface area contributed by atoms with Crippen molar-refractivity contribution in [3.8, 4) is 5.75 Å². The van der Waals surface area contributed by atoms with E-state index in [1.807, 2.05) is 4.90 Å². The lowest BCUT2D eigenvalue weighted by Gasteiger charge is -2.40. The van der Waals surface area contributed by atoms with Crippen molar-refractivity contribution in [2.24, 2.45) is 5.41 Å². The summed E-state index contributed by atoms with van der Waals surface area (Å²) in [5.41, 5.74) is 0.806. The third-order valence-electron chi connectivity index (χ3n) is 6.42. The number of amides is 1. The van der Waals surface area contributed by atoms with Gasteiger partial charge in [-0.25, -0.2) is 9.37 Å². The molecule has 0 N–H and O–H groups in total. The number of halogens is 1. The van der Waals surface area contributed by atoms with Crippen LogP contribution in [0.2, 0.25) is 0 Å². The average Bonchev–Trinajstić information content (AvgIpc) is 3.40. The molecule has 0 unspecified atom stereocenters. The third kappa shape index (κ3) is 4.80. The second-order valence-corrected chi connectivity index (χ2v) is 8.60. The topological polar surface area (TPSA) is 63.5 Å². The van der Waals surface area contributed by atoms with E-state index in [1.54, 1.807) is 30.3 Å². The summed E-state index contributed by atoms with van der Waals surface area (Å²) < 4.78 is 21.3. The van der Waals surface area contributed by atoms with Gasteiger partial charge in [-0.2, -0.15) is 5.10 Å².